The molecule has 4 rings (SSSR count). The Morgan fingerprint density at radius 1 is 0.818 bits per heavy atom. The molecule has 166 valence electrons. The van der Waals surface area contributed by atoms with Crippen LogP contribution in [-0.2, 0) is 0 Å². The zero-order valence-corrected chi connectivity index (χ0v) is 16.8. The third-order valence-corrected chi connectivity index (χ3v) is 4.53. The second-order valence-corrected chi connectivity index (χ2v) is 6.77. The summed E-state index contributed by atoms with van der Waals surface area (Å²) in [6.07, 6.45) is -3.23. The van der Waals surface area contributed by atoms with Crippen LogP contribution in [0.25, 0.3) is 22.3 Å². The number of halogens is 3. The lowest BCUT2D eigenvalue weighted by molar-refractivity contribution is -0.274. The van der Waals surface area contributed by atoms with Gasteiger partial charge in [-0.2, -0.15) is 0 Å². The van der Waals surface area contributed by atoms with E-state index in [0.717, 1.165) is 24.3 Å². The summed E-state index contributed by atoms with van der Waals surface area (Å²) in [6, 6.07) is 18.2. The Morgan fingerprint density at radius 2 is 1.52 bits per heavy atom. The molecule has 0 atom stereocenters. The smallest absolute Gasteiger partial charge is 0.406 e. The Labute approximate surface area is 185 Å². The molecular weight excluding hydrogens is 437 g/mol. The van der Waals surface area contributed by atoms with Crippen molar-refractivity contribution in [2.45, 2.75) is 6.36 Å². The average Bonchev–Trinajstić information content (AvgIpc) is 2.81. The summed E-state index contributed by atoms with van der Waals surface area (Å²) in [5, 5.41) is 0.567. The number of ether oxygens (including phenoxy) is 1. The van der Waals surface area contributed by atoms with E-state index in [1.54, 1.807) is 54.7 Å². The van der Waals surface area contributed by atoms with Crippen LogP contribution in [0.1, 0.15) is 20.7 Å². The largest absolute Gasteiger partial charge is 0.573 e. The lowest BCUT2D eigenvalue weighted by Crippen LogP contribution is -2.41. The molecule has 0 aliphatic heterocycles. The van der Waals surface area contributed by atoms with Gasteiger partial charge in [-0.25, -0.2) is 4.98 Å². The van der Waals surface area contributed by atoms with E-state index in [9.17, 15) is 22.8 Å². The van der Waals surface area contributed by atoms with Crippen molar-refractivity contribution in [2.75, 3.05) is 0 Å². The van der Waals surface area contributed by atoms with Crippen LogP contribution >= 0.6 is 0 Å². The molecule has 2 aromatic heterocycles. The van der Waals surface area contributed by atoms with Crippen molar-refractivity contribution in [3.05, 3.63) is 90.1 Å². The maximum atomic E-state index is 12.9. The quantitative estimate of drug-likeness (QED) is 0.451. The second-order valence-electron chi connectivity index (χ2n) is 6.77. The molecule has 2 aromatic carbocycles. The predicted molar refractivity (Wildman–Crippen MR) is 113 cm³/mol. The molecule has 0 saturated carbocycles. The zero-order valence-electron chi connectivity index (χ0n) is 16.8. The van der Waals surface area contributed by atoms with Gasteiger partial charge in [-0.3, -0.25) is 25.4 Å². The summed E-state index contributed by atoms with van der Waals surface area (Å²) in [4.78, 5) is 34.0. The highest BCUT2D eigenvalue weighted by Gasteiger charge is 2.31. The summed E-state index contributed by atoms with van der Waals surface area (Å²) < 4.78 is 40.6. The first kappa shape index (κ1) is 21.8. The van der Waals surface area contributed by atoms with E-state index in [2.05, 4.69) is 25.6 Å². The van der Waals surface area contributed by atoms with Crippen molar-refractivity contribution >= 4 is 22.7 Å². The fourth-order valence-electron chi connectivity index (χ4n) is 3.07. The number of hydrazine groups is 1. The van der Waals surface area contributed by atoms with Gasteiger partial charge >= 0.3 is 6.36 Å². The van der Waals surface area contributed by atoms with Gasteiger partial charge in [-0.05, 0) is 48.5 Å². The SMILES string of the molecule is O=C(NNC(=O)c1cc(-c2ccccn2)nc2ccccc12)c1ccc(OC(F)(F)F)cc1. The number of benzene rings is 2. The zero-order chi connectivity index (χ0) is 23.4. The number of nitrogens with zero attached hydrogens (tertiary/aromatic N) is 2. The summed E-state index contributed by atoms with van der Waals surface area (Å²) in [6.45, 7) is 0. The molecule has 0 spiro atoms. The highest BCUT2D eigenvalue weighted by Crippen LogP contribution is 2.24. The first-order valence-corrected chi connectivity index (χ1v) is 9.58. The molecule has 0 fully saturated rings. The number of nitrogens with one attached hydrogen (secondary N) is 2. The fourth-order valence-corrected chi connectivity index (χ4v) is 3.07. The van der Waals surface area contributed by atoms with Gasteiger partial charge in [0, 0.05) is 17.1 Å². The number of para-hydroxylation sites is 1. The van der Waals surface area contributed by atoms with Crippen LogP contribution in [0.4, 0.5) is 13.2 Å². The summed E-state index contributed by atoms with van der Waals surface area (Å²) in [5.74, 6) is -1.78. The molecule has 10 heteroatoms. The monoisotopic (exact) mass is 452 g/mol. The van der Waals surface area contributed by atoms with Crippen LogP contribution in [0, 0.1) is 0 Å². The molecule has 4 aromatic rings. The number of rotatable bonds is 4. The third kappa shape index (κ3) is 5.24. The van der Waals surface area contributed by atoms with Crippen LogP contribution in [0.2, 0.25) is 0 Å². The Hall–Kier alpha value is -4.47. The van der Waals surface area contributed by atoms with E-state index in [0.29, 0.717) is 22.3 Å². The molecule has 0 saturated heterocycles. The molecule has 2 N–H and O–H groups in total. The maximum Gasteiger partial charge on any atom is 0.573 e. The van der Waals surface area contributed by atoms with E-state index in [1.165, 1.54) is 0 Å². The molecule has 0 aliphatic carbocycles. The first-order chi connectivity index (χ1) is 15.8. The average molecular weight is 452 g/mol. The van der Waals surface area contributed by atoms with Gasteiger partial charge in [0.05, 0.1) is 22.5 Å². The Kier molecular flexibility index (Phi) is 5.90. The molecule has 0 unspecified atom stereocenters. The Bertz CT molecular complexity index is 1310. The number of carbonyl (C=O) groups is 2. The fraction of sp³-hybridized carbons (Fsp3) is 0.0435. The van der Waals surface area contributed by atoms with E-state index in [-0.39, 0.29) is 11.1 Å². The van der Waals surface area contributed by atoms with Crippen LogP contribution in [-0.4, -0.2) is 28.1 Å². The van der Waals surface area contributed by atoms with Crippen molar-refractivity contribution in [3.63, 3.8) is 0 Å². The molecule has 0 aliphatic rings. The van der Waals surface area contributed by atoms with Crippen molar-refractivity contribution in [1.82, 2.24) is 20.8 Å². The second kappa shape index (κ2) is 8.95. The Morgan fingerprint density at radius 3 is 2.21 bits per heavy atom. The number of hydrogen-bond donors (Lipinski definition) is 2. The number of hydrogen-bond acceptors (Lipinski definition) is 5. The highest BCUT2D eigenvalue weighted by atomic mass is 19.4. The number of alkyl halides is 3. The molecule has 2 amide bonds. The van der Waals surface area contributed by atoms with Crippen molar-refractivity contribution < 1.29 is 27.5 Å². The Balaban J connectivity index is 1.52. The van der Waals surface area contributed by atoms with E-state index < -0.39 is 23.9 Å². The van der Waals surface area contributed by atoms with Crippen LogP contribution < -0.4 is 15.6 Å². The number of carbonyl (C=O) groups excluding carboxylic acids is 2. The number of pyridine rings is 2. The minimum Gasteiger partial charge on any atom is -0.406 e. The van der Waals surface area contributed by atoms with Crippen molar-refractivity contribution in [2.24, 2.45) is 0 Å². The maximum absolute atomic E-state index is 12.9. The standard InChI is InChI=1S/C23H15F3N4O3/c24-23(25,26)33-15-10-8-14(9-11-15)21(31)29-30-22(32)17-13-20(19-7-3-4-12-27-19)28-18-6-2-1-5-16(17)18/h1-13H,(H,29,31)(H,30,32). The van der Waals surface area contributed by atoms with Crippen LogP contribution in [0.15, 0.2) is 79.0 Å². The highest BCUT2D eigenvalue weighted by molar-refractivity contribution is 6.08. The summed E-state index contributed by atoms with van der Waals surface area (Å²) in [5.41, 5.74) is 6.48. The minimum atomic E-state index is -4.83. The molecule has 0 bridgehead atoms. The minimum absolute atomic E-state index is 0.0265. The molecule has 33 heavy (non-hydrogen) atoms. The summed E-state index contributed by atoms with van der Waals surface area (Å²) >= 11 is 0. The summed E-state index contributed by atoms with van der Waals surface area (Å²) in [7, 11) is 0. The van der Waals surface area contributed by atoms with E-state index in [1.807, 2.05) is 0 Å². The normalized spacial score (nSPS) is 11.1. The number of fused-ring (bicyclic) bond motifs is 1. The van der Waals surface area contributed by atoms with Crippen LogP contribution in [0.5, 0.6) is 5.75 Å². The number of amides is 2. The van der Waals surface area contributed by atoms with E-state index in [4.69, 9.17) is 0 Å². The van der Waals surface area contributed by atoms with Gasteiger partial charge in [0.2, 0.25) is 0 Å². The van der Waals surface area contributed by atoms with Gasteiger partial charge in [0.15, 0.2) is 0 Å². The van der Waals surface area contributed by atoms with Crippen molar-refractivity contribution in [3.8, 4) is 17.1 Å². The van der Waals surface area contributed by atoms with Gasteiger partial charge in [-0.1, -0.05) is 24.3 Å². The first-order valence-electron chi connectivity index (χ1n) is 9.58. The van der Waals surface area contributed by atoms with E-state index >= 15 is 0 Å². The molecule has 2 heterocycles. The number of aromatic nitrogens is 2. The lowest BCUT2D eigenvalue weighted by atomic mass is 10.1. The van der Waals surface area contributed by atoms with Crippen LogP contribution in [0.3, 0.4) is 0 Å². The predicted octanol–water partition coefficient (Wildman–Crippen LogP) is 4.27. The third-order valence-electron chi connectivity index (χ3n) is 4.53. The van der Waals surface area contributed by atoms with Gasteiger partial charge in [-0.15, -0.1) is 13.2 Å². The van der Waals surface area contributed by atoms with Crippen molar-refractivity contribution in [1.29, 1.82) is 0 Å². The van der Waals surface area contributed by atoms with Gasteiger partial charge < -0.3 is 4.74 Å². The molecule has 7 nitrogen and oxygen atoms in total. The van der Waals surface area contributed by atoms with Gasteiger partial charge in [0.1, 0.15) is 5.75 Å². The molecule has 0 radical (unpaired) electrons. The molecular formula is C23H15F3N4O3. The topological polar surface area (TPSA) is 93.2 Å². The van der Waals surface area contributed by atoms with Gasteiger partial charge in [0.25, 0.3) is 11.8 Å². The lowest BCUT2D eigenvalue weighted by Gasteiger charge is -2.12.